The number of aryl methyl sites for hydroxylation is 1. The lowest BCUT2D eigenvalue weighted by Crippen LogP contribution is -2.09. The molecule has 0 radical (unpaired) electrons. The molecule has 3 heteroatoms. The summed E-state index contributed by atoms with van der Waals surface area (Å²) < 4.78 is 4.55. The van der Waals surface area contributed by atoms with Crippen molar-refractivity contribution in [1.82, 2.24) is 0 Å². The third-order valence-corrected chi connectivity index (χ3v) is 2.22. The van der Waals surface area contributed by atoms with Gasteiger partial charge in [0.15, 0.2) is 0 Å². The lowest BCUT2D eigenvalue weighted by Gasteiger charge is -2.06. The molecule has 1 aromatic carbocycles. The zero-order valence-electron chi connectivity index (χ0n) is 9.25. The molecular weight excluding hydrogens is 190 g/mol. The minimum absolute atomic E-state index is 0.186. The van der Waals surface area contributed by atoms with Crippen LogP contribution in [0.5, 0.6) is 0 Å². The van der Waals surface area contributed by atoms with E-state index in [2.05, 4.69) is 29.1 Å². The topological polar surface area (TPSA) is 38.3 Å². The van der Waals surface area contributed by atoms with Gasteiger partial charge >= 0.3 is 5.97 Å². The molecule has 82 valence electrons. The summed E-state index contributed by atoms with van der Waals surface area (Å²) in [6.07, 6.45) is 1.42. The normalized spacial score (nSPS) is 9.73. The summed E-state index contributed by atoms with van der Waals surface area (Å²) in [5.41, 5.74) is 2.34. The predicted octanol–water partition coefficient (Wildman–Crippen LogP) is 2.22. The van der Waals surface area contributed by atoms with Crippen LogP contribution in [0.25, 0.3) is 0 Å². The first kappa shape index (κ1) is 11.6. The van der Waals surface area contributed by atoms with Crippen LogP contribution in [0.3, 0.4) is 0 Å². The van der Waals surface area contributed by atoms with Gasteiger partial charge in [-0.05, 0) is 24.1 Å². The van der Waals surface area contributed by atoms with Gasteiger partial charge in [0.1, 0.15) is 0 Å². The number of rotatable bonds is 5. The second kappa shape index (κ2) is 6.06. The number of esters is 1. The third-order valence-electron chi connectivity index (χ3n) is 2.22. The Morgan fingerprint density at radius 2 is 2.27 bits per heavy atom. The molecule has 0 spiro atoms. The van der Waals surface area contributed by atoms with Gasteiger partial charge in [-0.15, -0.1) is 0 Å². The van der Waals surface area contributed by atoms with Crippen molar-refractivity contribution in [3.8, 4) is 0 Å². The van der Waals surface area contributed by atoms with Crippen LogP contribution >= 0.6 is 0 Å². The van der Waals surface area contributed by atoms with Gasteiger partial charge < -0.3 is 10.1 Å². The molecule has 1 rings (SSSR count). The molecule has 1 N–H and O–H groups in total. The van der Waals surface area contributed by atoms with Crippen molar-refractivity contribution in [2.75, 3.05) is 19.0 Å². The van der Waals surface area contributed by atoms with E-state index >= 15 is 0 Å². The van der Waals surface area contributed by atoms with Crippen molar-refractivity contribution in [3.63, 3.8) is 0 Å². The molecule has 3 nitrogen and oxygen atoms in total. The van der Waals surface area contributed by atoms with Gasteiger partial charge in [-0.1, -0.05) is 19.1 Å². The monoisotopic (exact) mass is 207 g/mol. The first-order chi connectivity index (χ1) is 7.26. The van der Waals surface area contributed by atoms with Crippen LogP contribution in [0.1, 0.15) is 18.9 Å². The SMILES string of the molecule is CCc1cccc(NCCC(=O)OC)c1. The van der Waals surface area contributed by atoms with Gasteiger partial charge in [-0.2, -0.15) is 0 Å². The van der Waals surface area contributed by atoms with Crippen LogP contribution < -0.4 is 5.32 Å². The molecule has 0 saturated carbocycles. The maximum atomic E-state index is 10.9. The number of nitrogens with one attached hydrogen (secondary N) is 1. The number of benzene rings is 1. The van der Waals surface area contributed by atoms with Gasteiger partial charge in [0.05, 0.1) is 13.5 Å². The molecule has 0 aliphatic rings. The zero-order valence-corrected chi connectivity index (χ0v) is 9.25. The molecule has 0 amide bonds. The maximum Gasteiger partial charge on any atom is 0.307 e. The van der Waals surface area contributed by atoms with E-state index in [1.807, 2.05) is 12.1 Å². The van der Waals surface area contributed by atoms with E-state index in [4.69, 9.17) is 0 Å². The predicted molar refractivity (Wildman–Crippen MR) is 60.9 cm³/mol. The summed E-state index contributed by atoms with van der Waals surface area (Å²) >= 11 is 0. The van der Waals surface area contributed by atoms with Crippen molar-refractivity contribution in [2.24, 2.45) is 0 Å². The fourth-order valence-corrected chi connectivity index (χ4v) is 1.31. The Labute approximate surface area is 90.4 Å². The average Bonchev–Trinajstić information content (AvgIpc) is 2.29. The lowest BCUT2D eigenvalue weighted by atomic mass is 10.1. The van der Waals surface area contributed by atoms with Crippen LogP contribution in [0.4, 0.5) is 5.69 Å². The molecule has 0 aliphatic carbocycles. The first-order valence-corrected chi connectivity index (χ1v) is 5.16. The molecule has 0 aromatic heterocycles. The highest BCUT2D eigenvalue weighted by Crippen LogP contribution is 2.10. The molecule has 0 bridgehead atoms. The smallest absolute Gasteiger partial charge is 0.307 e. The highest BCUT2D eigenvalue weighted by Gasteiger charge is 1.99. The number of anilines is 1. The van der Waals surface area contributed by atoms with Gasteiger partial charge in [0.25, 0.3) is 0 Å². The van der Waals surface area contributed by atoms with Crippen molar-refractivity contribution >= 4 is 11.7 Å². The second-order valence-electron chi connectivity index (χ2n) is 3.31. The van der Waals surface area contributed by atoms with E-state index in [1.54, 1.807) is 0 Å². The number of methoxy groups -OCH3 is 1. The van der Waals surface area contributed by atoms with E-state index in [9.17, 15) is 4.79 Å². The Morgan fingerprint density at radius 1 is 1.47 bits per heavy atom. The largest absolute Gasteiger partial charge is 0.469 e. The number of hydrogen-bond acceptors (Lipinski definition) is 3. The Bertz CT molecular complexity index is 323. The molecule has 0 unspecified atom stereocenters. The van der Waals surface area contributed by atoms with E-state index in [0.29, 0.717) is 13.0 Å². The number of carbonyl (C=O) groups is 1. The standard InChI is InChI=1S/C12H17NO2/c1-3-10-5-4-6-11(9-10)13-8-7-12(14)15-2/h4-6,9,13H,3,7-8H2,1-2H3. The van der Waals surface area contributed by atoms with Crippen molar-refractivity contribution in [2.45, 2.75) is 19.8 Å². The molecule has 15 heavy (non-hydrogen) atoms. The highest BCUT2D eigenvalue weighted by atomic mass is 16.5. The van der Waals surface area contributed by atoms with Crippen molar-refractivity contribution in [3.05, 3.63) is 29.8 Å². The molecule has 0 heterocycles. The van der Waals surface area contributed by atoms with Crippen LogP contribution in [0.15, 0.2) is 24.3 Å². The van der Waals surface area contributed by atoms with E-state index in [-0.39, 0.29) is 5.97 Å². The summed E-state index contributed by atoms with van der Waals surface area (Å²) in [6.45, 7) is 2.73. The van der Waals surface area contributed by atoms with E-state index < -0.39 is 0 Å². The fourth-order valence-electron chi connectivity index (χ4n) is 1.31. The van der Waals surface area contributed by atoms with E-state index in [0.717, 1.165) is 12.1 Å². The first-order valence-electron chi connectivity index (χ1n) is 5.16. The van der Waals surface area contributed by atoms with Crippen molar-refractivity contribution in [1.29, 1.82) is 0 Å². The van der Waals surface area contributed by atoms with Crippen LogP contribution in [0.2, 0.25) is 0 Å². The number of carbonyl (C=O) groups excluding carboxylic acids is 1. The summed E-state index contributed by atoms with van der Waals surface area (Å²) in [5.74, 6) is -0.186. The van der Waals surface area contributed by atoms with E-state index in [1.165, 1.54) is 12.7 Å². The van der Waals surface area contributed by atoms with Crippen LogP contribution in [-0.2, 0) is 16.0 Å². The Kier molecular flexibility index (Phi) is 4.68. The number of hydrogen-bond donors (Lipinski definition) is 1. The molecule has 0 fully saturated rings. The molecule has 1 aromatic rings. The Morgan fingerprint density at radius 3 is 2.93 bits per heavy atom. The van der Waals surface area contributed by atoms with Crippen molar-refractivity contribution < 1.29 is 9.53 Å². The minimum atomic E-state index is -0.186. The minimum Gasteiger partial charge on any atom is -0.469 e. The number of ether oxygens (including phenoxy) is 1. The molecule has 0 aliphatic heterocycles. The molecule has 0 saturated heterocycles. The van der Waals surface area contributed by atoms with Gasteiger partial charge in [0.2, 0.25) is 0 Å². The summed E-state index contributed by atoms with van der Waals surface area (Å²) in [7, 11) is 1.40. The highest BCUT2D eigenvalue weighted by molar-refractivity contribution is 5.69. The lowest BCUT2D eigenvalue weighted by molar-refractivity contribution is -0.140. The third kappa shape index (κ3) is 4.02. The molecular formula is C12H17NO2. The van der Waals surface area contributed by atoms with Crippen LogP contribution in [0, 0.1) is 0 Å². The Balaban J connectivity index is 2.40. The van der Waals surface area contributed by atoms with Gasteiger partial charge in [0, 0.05) is 12.2 Å². The van der Waals surface area contributed by atoms with Crippen LogP contribution in [-0.4, -0.2) is 19.6 Å². The quantitative estimate of drug-likeness (QED) is 0.752. The average molecular weight is 207 g/mol. The summed E-state index contributed by atoms with van der Waals surface area (Å²) in [5, 5.41) is 3.18. The zero-order chi connectivity index (χ0) is 11.1. The Hall–Kier alpha value is -1.51. The van der Waals surface area contributed by atoms with Gasteiger partial charge in [-0.25, -0.2) is 0 Å². The second-order valence-corrected chi connectivity index (χ2v) is 3.31. The molecule has 0 atom stereocenters. The summed E-state index contributed by atoms with van der Waals surface area (Å²) in [4.78, 5) is 10.9. The maximum absolute atomic E-state index is 10.9. The fraction of sp³-hybridized carbons (Fsp3) is 0.417. The summed E-state index contributed by atoms with van der Waals surface area (Å²) in [6, 6.07) is 8.19. The van der Waals surface area contributed by atoms with Gasteiger partial charge in [-0.3, -0.25) is 4.79 Å².